The molecule has 184 valence electrons. The quantitative estimate of drug-likeness (QED) is 0.406. The van der Waals surface area contributed by atoms with Crippen molar-refractivity contribution in [2.45, 2.75) is 83.7 Å². The summed E-state index contributed by atoms with van der Waals surface area (Å²) in [7, 11) is 0. The number of ether oxygens (including phenoxy) is 2. The fourth-order valence-electron chi connectivity index (χ4n) is 4.42. The van der Waals surface area contributed by atoms with Crippen LogP contribution in [0.15, 0.2) is 59.6 Å². The van der Waals surface area contributed by atoms with Gasteiger partial charge in [0.15, 0.2) is 0 Å². The first-order valence-corrected chi connectivity index (χ1v) is 13.0. The monoisotopic (exact) mass is 483 g/mol. The minimum Gasteiger partial charge on any atom is -0.454 e. The highest BCUT2D eigenvalue weighted by Crippen LogP contribution is 2.26. The molecule has 1 aromatic heterocycles. The van der Waals surface area contributed by atoms with Crippen LogP contribution in [0.4, 0.5) is 0 Å². The van der Waals surface area contributed by atoms with Gasteiger partial charge in [-0.2, -0.15) is 0 Å². The zero-order valence-electron chi connectivity index (χ0n) is 20.5. The van der Waals surface area contributed by atoms with Crippen molar-refractivity contribution in [1.29, 1.82) is 0 Å². The Balaban J connectivity index is 1.76. The average Bonchev–Trinajstić information content (AvgIpc) is 3.16. The average molecular weight is 484 g/mol. The molecule has 0 fully saturated rings. The molecule has 3 heterocycles. The molecular weight excluding hydrogens is 446 g/mol. The highest BCUT2D eigenvalue weighted by Gasteiger charge is 2.21. The van der Waals surface area contributed by atoms with E-state index in [0.717, 1.165) is 41.1 Å². The van der Waals surface area contributed by atoms with E-state index in [1.165, 1.54) is 6.08 Å². The second-order valence-corrected chi connectivity index (χ2v) is 10.5. The normalized spacial score (nSPS) is 30.0. The summed E-state index contributed by atoms with van der Waals surface area (Å²) in [5.41, 5.74) is 2.80. The Morgan fingerprint density at radius 2 is 2.00 bits per heavy atom. The van der Waals surface area contributed by atoms with Crippen LogP contribution < -0.4 is 0 Å². The fourth-order valence-corrected chi connectivity index (χ4v) is 5.00. The Hall–Kier alpha value is -2.28. The van der Waals surface area contributed by atoms with Crippen molar-refractivity contribution in [2.24, 2.45) is 5.92 Å². The number of rotatable bonds is 2. The van der Waals surface area contributed by atoms with E-state index in [1.807, 2.05) is 37.5 Å². The number of esters is 1. The molecule has 0 saturated heterocycles. The number of cyclic esters (lactones) is 1. The molecule has 1 aromatic rings. The molecular formula is C28H37NO4S. The minimum atomic E-state index is -0.612. The summed E-state index contributed by atoms with van der Waals surface area (Å²) in [5.74, 6) is 0.0392. The smallest absolute Gasteiger partial charge is 0.331 e. The van der Waals surface area contributed by atoms with E-state index in [-0.39, 0.29) is 18.2 Å². The molecule has 2 aliphatic heterocycles. The van der Waals surface area contributed by atoms with Gasteiger partial charge in [0.25, 0.3) is 0 Å². The summed E-state index contributed by atoms with van der Waals surface area (Å²) in [5, 5.41) is 13.5. The molecule has 6 heteroatoms. The second kappa shape index (κ2) is 13.0. The molecule has 0 amide bonds. The number of nitrogens with zero attached hydrogens (tertiary/aromatic N) is 1. The zero-order valence-corrected chi connectivity index (χ0v) is 21.3. The first-order valence-electron chi connectivity index (χ1n) is 12.1. The molecule has 0 radical (unpaired) electrons. The summed E-state index contributed by atoms with van der Waals surface area (Å²) < 4.78 is 12.0. The predicted molar refractivity (Wildman–Crippen MR) is 138 cm³/mol. The number of aromatic nitrogens is 1. The Labute approximate surface area is 207 Å². The summed E-state index contributed by atoms with van der Waals surface area (Å²) in [6, 6.07) is 0. The van der Waals surface area contributed by atoms with Crippen LogP contribution in [-0.2, 0) is 14.3 Å². The van der Waals surface area contributed by atoms with E-state index >= 15 is 0 Å². The number of fused-ring (bicyclic) bond motifs is 2. The number of aliphatic hydroxyl groups is 1. The standard InChI is InChI=1S/C28H37NO4S/c1-19-14-20(2)16-26-11-6-9-25(32-26)10-7-13-28(31)33-27(12-5-8-24(30)15-19)21(3)17-23-18-34-22(4)29-23/h5-9,13,17-18,20,24-27,30H,1,10-12,14-16H2,2-4H3/t20-,24+,25-,26-,27-/m0/s1. The van der Waals surface area contributed by atoms with Gasteiger partial charge < -0.3 is 14.6 Å². The molecule has 34 heavy (non-hydrogen) atoms. The van der Waals surface area contributed by atoms with Crippen LogP contribution in [0.1, 0.15) is 63.1 Å². The van der Waals surface area contributed by atoms with Crippen molar-refractivity contribution in [2.75, 3.05) is 0 Å². The summed E-state index contributed by atoms with van der Waals surface area (Å²) >= 11 is 1.58. The SMILES string of the molecule is C=C1C[C@H](C)C[C@@H]2CC=C[C@@H](CC=CC(=O)O[C@H](C(C)=Cc3csc(C)n3)CC=C[C@@H](O)C1)O2. The Bertz CT molecular complexity index is 957. The molecule has 5 atom stereocenters. The Morgan fingerprint density at radius 3 is 2.76 bits per heavy atom. The van der Waals surface area contributed by atoms with Gasteiger partial charge in [-0.3, -0.25) is 0 Å². The summed E-state index contributed by atoms with van der Waals surface area (Å²) in [6.07, 6.45) is 16.6. The Morgan fingerprint density at radius 1 is 1.21 bits per heavy atom. The summed E-state index contributed by atoms with van der Waals surface area (Å²) in [4.78, 5) is 17.1. The molecule has 2 bridgehead atoms. The third-order valence-electron chi connectivity index (χ3n) is 6.03. The van der Waals surface area contributed by atoms with Crippen LogP contribution in [0.25, 0.3) is 6.08 Å². The van der Waals surface area contributed by atoms with Crippen molar-refractivity contribution in [1.82, 2.24) is 4.98 Å². The van der Waals surface area contributed by atoms with E-state index in [9.17, 15) is 9.90 Å². The van der Waals surface area contributed by atoms with Gasteiger partial charge in [0.05, 0.1) is 29.0 Å². The molecule has 0 aromatic carbocycles. The van der Waals surface area contributed by atoms with Crippen LogP contribution in [0, 0.1) is 12.8 Å². The van der Waals surface area contributed by atoms with E-state index in [4.69, 9.17) is 9.47 Å². The van der Waals surface area contributed by atoms with Crippen LogP contribution >= 0.6 is 11.3 Å². The van der Waals surface area contributed by atoms with Gasteiger partial charge in [-0.25, -0.2) is 9.78 Å². The fraction of sp³-hybridized carbons (Fsp3) is 0.500. The predicted octanol–water partition coefficient (Wildman–Crippen LogP) is 6.11. The number of hydrogen-bond donors (Lipinski definition) is 1. The number of aryl methyl sites for hydroxylation is 1. The van der Waals surface area contributed by atoms with Crippen LogP contribution in [0.2, 0.25) is 0 Å². The van der Waals surface area contributed by atoms with E-state index < -0.39 is 12.2 Å². The molecule has 3 rings (SSSR count). The van der Waals surface area contributed by atoms with Crippen molar-refractivity contribution in [3.8, 4) is 0 Å². The van der Waals surface area contributed by atoms with Gasteiger partial charge in [0, 0.05) is 17.9 Å². The lowest BCUT2D eigenvalue weighted by Gasteiger charge is -2.28. The lowest BCUT2D eigenvalue weighted by Crippen LogP contribution is -2.25. The molecule has 0 unspecified atom stereocenters. The number of carbonyl (C=O) groups is 1. The van der Waals surface area contributed by atoms with Crippen molar-refractivity contribution in [3.63, 3.8) is 0 Å². The number of aliphatic hydroxyl groups excluding tert-OH is 1. The van der Waals surface area contributed by atoms with Gasteiger partial charge in [-0.15, -0.1) is 11.3 Å². The number of hydrogen-bond acceptors (Lipinski definition) is 6. The second-order valence-electron chi connectivity index (χ2n) is 9.43. The third-order valence-corrected chi connectivity index (χ3v) is 6.82. The molecule has 0 aliphatic carbocycles. The molecule has 0 spiro atoms. The lowest BCUT2D eigenvalue weighted by atomic mass is 9.91. The maximum atomic E-state index is 12.6. The highest BCUT2D eigenvalue weighted by atomic mass is 32.1. The first-order chi connectivity index (χ1) is 16.3. The Kier molecular flexibility index (Phi) is 10.1. The van der Waals surface area contributed by atoms with Crippen LogP contribution in [0.3, 0.4) is 0 Å². The largest absolute Gasteiger partial charge is 0.454 e. The van der Waals surface area contributed by atoms with Crippen LogP contribution in [-0.4, -0.2) is 40.5 Å². The van der Waals surface area contributed by atoms with E-state index in [2.05, 4.69) is 30.6 Å². The molecule has 1 N–H and O–H groups in total. The third kappa shape index (κ3) is 8.82. The number of carbonyl (C=O) groups excluding carboxylic acids is 1. The van der Waals surface area contributed by atoms with Crippen molar-refractivity contribution >= 4 is 23.4 Å². The topological polar surface area (TPSA) is 68.7 Å². The zero-order chi connectivity index (χ0) is 24.5. The molecule has 0 saturated carbocycles. The van der Waals surface area contributed by atoms with Gasteiger partial charge in [-0.1, -0.05) is 49.5 Å². The van der Waals surface area contributed by atoms with Crippen molar-refractivity contribution < 1.29 is 19.4 Å². The van der Waals surface area contributed by atoms with Crippen molar-refractivity contribution in [3.05, 3.63) is 70.3 Å². The molecule has 2 aliphatic rings. The van der Waals surface area contributed by atoms with Gasteiger partial charge in [0.1, 0.15) is 6.10 Å². The van der Waals surface area contributed by atoms with Gasteiger partial charge in [-0.05, 0) is 63.5 Å². The minimum absolute atomic E-state index is 0.0350. The number of thiazole rings is 1. The lowest BCUT2D eigenvalue weighted by molar-refractivity contribution is -0.141. The van der Waals surface area contributed by atoms with Gasteiger partial charge in [0.2, 0.25) is 0 Å². The maximum Gasteiger partial charge on any atom is 0.331 e. The first kappa shape index (κ1) is 26.3. The van der Waals surface area contributed by atoms with E-state index in [0.29, 0.717) is 25.2 Å². The van der Waals surface area contributed by atoms with Crippen LogP contribution in [0.5, 0.6) is 0 Å². The maximum absolute atomic E-state index is 12.6. The van der Waals surface area contributed by atoms with E-state index in [1.54, 1.807) is 17.4 Å². The van der Waals surface area contributed by atoms with Gasteiger partial charge >= 0.3 is 5.97 Å². The summed E-state index contributed by atoms with van der Waals surface area (Å²) in [6.45, 7) is 10.3. The highest BCUT2D eigenvalue weighted by molar-refractivity contribution is 7.09. The molecule has 5 nitrogen and oxygen atoms in total.